The third kappa shape index (κ3) is 5.23. The largest absolute Gasteiger partial charge is 0.303 e. The van der Waals surface area contributed by atoms with Crippen LogP contribution in [0, 0.1) is 0 Å². The van der Waals surface area contributed by atoms with Crippen molar-refractivity contribution >= 4 is 27.1 Å². The Morgan fingerprint density at radius 1 is 1.08 bits per heavy atom. The van der Waals surface area contributed by atoms with Crippen molar-refractivity contribution in [3.63, 3.8) is 0 Å². The number of likely N-dealkylation sites (N-methyl/N-ethyl adjacent to an activating group) is 1. The predicted molar refractivity (Wildman–Crippen MR) is 106 cm³/mol. The van der Waals surface area contributed by atoms with Gasteiger partial charge in [-0.25, -0.2) is 8.42 Å². The average Bonchev–Trinajstić information content (AvgIpc) is 3.14. The lowest BCUT2D eigenvalue weighted by molar-refractivity contribution is 0.101. The summed E-state index contributed by atoms with van der Waals surface area (Å²) in [7, 11) is -3.68. The minimum Gasteiger partial charge on any atom is -0.303 e. The first-order chi connectivity index (χ1) is 12.4. The predicted octanol–water partition coefficient (Wildman–Crippen LogP) is 3.48. The minimum atomic E-state index is -3.68. The average molecular weight is 395 g/mol. The Kier molecular flexibility index (Phi) is 7.52. The summed E-state index contributed by atoms with van der Waals surface area (Å²) in [5.41, 5.74) is 0.408. The molecule has 2 rings (SSSR count). The molecule has 0 spiro atoms. The first-order valence-electron chi connectivity index (χ1n) is 8.74. The highest BCUT2D eigenvalue weighted by atomic mass is 32.2. The second kappa shape index (κ2) is 9.41. The zero-order valence-corrected chi connectivity index (χ0v) is 17.1. The molecule has 0 aliphatic heterocycles. The zero-order chi connectivity index (χ0) is 19.2. The molecular weight excluding hydrogens is 368 g/mol. The molecule has 0 radical (unpaired) electrons. The second-order valence-corrected chi connectivity index (χ2v) is 9.00. The molecule has 0 saturated carbocycles. The molecule has 7 heteroatoms. The molecule has 2 aromatic rings. The van der Waals surface area contributed by atoms with Gasteiger partial charge in [0.2, 0.25) is 10.0 Å². The van der Waals surface area contributed by atoms with Crippen LogP contribution in [0.25, 0.3) is 0 Å². The highest BCUT2D eigenvalue weighted by molar-refractivity contribution is 7.89. The van der Waals surface area contributed by atoms with E-state index in [0.29, 0.717) is 25.2 Å². The Morgan fingerprint density at radius 3 is 2.38 bits per heavy atom. The highest BCUT2D eigenvalue weighted by Gasteiger charge is 2.26. The highest BCUT2D eigenvalue weighted by Crippen LogP contribution is 2.21. The Bertz CT molecular complexity index is 813. The minimum absolute atomic E-state index is 0.144. The number of carbonyl (C=O) groups excluding carboxylic acids is 1. The van der Waals surface area contributed by atoms with E-state index in [2.05, 4.69) is 18.7 Å². The number of thiophene rings is 1. The molecule has 0 aliphatic carbocycles. The molecule has 0 aliphatic rings. The van der Waals surface area contributed by atoms with Crippen LogP contribution in [0.4, 0.5) is 0 Å². The summed E-state index contributed by atoms with van der Waals surface area (Å²) in [6, 6.07) is 10.2. The fourth-order valence-electron chi connectivity index (χ4n) is 2.68. The molecule has 0 amide bonds. The van der Waals surface area contributed by atoms with E-state index < -0.39 is 10.0 Å². The summed E-state index contributed by atoms with van der Waals surface area (Å²) in [5, 5.41) is 1.95. The molecule has 1 aromatic heterocycles. The number of ketones is 1. The second-order valence-electron chi connectivity index (χ2n) is 6.03. The van der Waals surface area contributed by atoms with Gasteiger partial charge in [0.1, 0.15) is 0 Å². The van der Waals surface area contributed by atoms with Crippen molar-refractivity contribution in [2.24, 2.45) is 0 Å². The third-order valence-corrected chi connectivity index (χ3v) is 7.05. The van der Waals surface area contributed by atoms with Crippen molar-refractivity contribution in [3.05, 3.63) is 52.2 Å². The monoisotopic (exact) mass is 394 g/mol. The molecule has 1 heterocycles. The molecule has 142 valence electrons. The number of carbonyl (C=O) groups is 1. The molecule has 0 bridgehead atoms. The molecule has 0 unspecified atom stereocenters. The van der Waals surface area contributed by atoms with Crippen molar-refractivity contribution in [3.8, 4) is 0 Å². The zero-order valence-electron chi connectivity index (χ0n) is 15.5. The summed E-state index contributed by atoms with van der Waals surface area (Å²) < 4.78 is 28.0. The maximum atomic E-state index is 13.2. The topological polar surface area (TPSA) is 57.7 Å². The van der Waals surface area contributed by atoms with Crippen LogP contribution in [0.15, 0.2) is 46.7 Å². The SMILES string of the molecule is CCN(CC)CCN(Cc1cccs1)S(=O)(=O)c1cccc(C(C)=O)c1. The van der Waals surface area contributed by atoms with Crippen molar-refractivity contribution in [2.75, 3.05) is 26.2 Å². The Morgan fingerprint density at radius 2 is 1.81 bits per heavy atom. The van der Waals surface area contributed by atoms with E-state index >= 15 is 0 Å². The quantitative estimate of drug-likeness (QED) is 0.579. The van der Waals surface area contributed by atoms with Gasteiger partial charge in [0.15, 0.2) is 5.78 Å². The van der Waals surface area contributed by atoms with Crippen LogP contribution in [0.2, 0.25) is 0 Å². The molecule has 0 N–H and O–H groups in total. The van der Waals surface area contributed by atoms with E-state index in [4.69, 9.17) is 0 Å². The summed E-state index contributed by atoms with van der Waals surface area (Å²) in [6.45, 7) is 8.75. The van der Waals surface area contributed by atoms with Crippen molar-refractivity contribution in [2.45, 2.75) is 32.2 Å². The van der Waals surface area contributed by atoms with Gasteiger partial charge in [-0.1, -0.05) is 32.0 Å². The van der Waals surface area contributed by atoms with E-state index in [9.17, 15) is 13.2 Å². The molecule has 0 fully saturated rings. The number of benzene rings is 1. The van der Waals surface area contributed by atoms with E-state index in [1.165, 1.54) is 17.3 Å². The fraction of sp³-hybridized carbons (Fsp3) is 0.421. The van der Waals surface area contributed by atoms with Gasteiger partial charge in [-0.05, 0) is 43.6 Å². The van der Waals surface area contributed by atoms with Crippen LogP contribution in [0.3, 0.4) is 0 Å². The fourth-order valence-corrected chi connectivity index (χ4v) is 4.93. The summed E-state index contributed by atoms with van der Waals surface area (Å²) in [6.07, 6.45) is 0. The maximum absolute atomic E-state index is 13.2. The molecule has 0 atom stereocenters. The van der Waals surface area contributed by atoms with E-state index in [1.54, 1.807) is 29.5 Å². The van der Waals surface area contributed by atoms with Gasteiger partial charge in [0, 0.05) is 30.1 Å². The molecule has 0 saturated heterocycles. The van der Waals surface area contributed by atoms with Gasteiger partial charge in [0.05, 0.1) is 4.90 Å². The number of sulfonamides is 1. The van der Waals surface area contributed by atoms with Crippen LogP contribution in [-0.2, 0) is 16.6 Å². The maximum Gasteiger partial charge on any atom is 0.243 e. The van der Waals surface area contributed by atoms with E-state index in [-0.39, 0.29) is 10.7 Å². The lowest BCUT2D eigenvalue weighted by Gasteiger charge is -2.25. The number of nitrogens with zero attached hydrogens (tertiary/aromatic N) is 2. The molecule has 26 heavy (non-hydrogen) atoms. The van der Waals surface area contributed by atoms with Gasteiger partial charge in [-0.3, -0.25) is 4.79 Å². The lowest BCUT2D eigenvalue weighted by Crippen LogP contribution is -2.38. The number of hydrogen-bond donors (Lipinski definition) is 0. The third-order valence-electron chi connectivity index (χ3n) is 4.35. The van der Waals surface area contributed by atoms with Crippen LogP contribution >= 0.6 is 11.3 Å². The Hall–Kier alpha value is -1.54. The first kappa shape index (κ1) is 20.8. The summed E-state index contributed by atoms with van der Waals surface area (Å²) in [5.74, 6) is -0.144. The van der Waals surface area contributed by atoms with Crippen LogP contribution in [0.5, 0.6) is 0 Å². The van der Waals surface area contributed by atoms with Gasteiger partial charge in [-0.15, -0.1) is 11.3 Å². The molecule has 1 aromatic carbocycles. The standard InChI is InChI=1S/C19H26N2O3S2/c1-4-20(5-2)11-12-21(15-18-9-7-13-25-18)26(23,24)19-10-6-8-17(14-19)16(3)22/h6-10,13-14H,4-5,11-12,15H2,1-3H3. The van der Waals surface area contributed by atoms with Crippen LogP contribution in [0.1, 0.15) is 36.0 Å². The normalized spacial score (nSPS) is 12.0. The van der Waals surface area contributed by atoms with Crippen molar-refractivity contribution < 1.29 is 13.2 Å². The summed E-state index contributed by atoms with van der Waals surface area (Å²) in [4.78, 5) is 15.0. The van der Waals surface area contributed by atoms with Crippen molar-refractivity contribution in [1.29, 1.82) is 0 Å². The van der Waals surface area contributed by atoms with E-state index in [0.717, 1.165) is 18.0 Å². The lowest BCUT2D eigenvalue weighted by atomic mass is 10.2. The smallest absolute Gasteiger partial charge is 0.243 e. The van der Waals surface area contributed by atoms with Gasteiger partial charge in [0.25, 0.3) is 0 Å². The first-order valence-corrected chi connectivity index (χ1v) is 11.1. The number of Topliss-reactive ketones (excluding diaryl/α,β-unsaturated/α-hetero) is 1. The van der Waals surface area contributed by atoms with Gasteiger partial charge in [-0.2, -0.15) is 4.31 Å². The van der Waals surface area contributed by atoms with Crippen LogP contribution in [-0.4, -0.2) is 49.6 Å². The van der Waals surface area contributed by atoms with E-state index in [1.807, 2.05) is 17.5 Å². The van der Waals surface area contributed by atoms with Crippen molar-refractivity contribution in [1.82, 2.24) is 9.21 Å². The van der Waals surface area contributed by atoms with Gasteiger partial charge >= 0.3 is 0 Å². The Balaban J connectivity index is 2.32. The molecule has 5 nitrogen and oxygen atoms in total. The van der Waals surface area contributed by atoms with Gasteiger partial charge < -0.3 is 4.90 Å². The Labute approximate surface area is 160 Å². The van der Waals surface area contributed by atoms with Crippen LogP contribution < -0.4 is 0 Å². The molecular formula is C19H26N2O3S2. The number of rotatable bonds is 10. The summed E-state index contributed by atoms with van der Waals surface area (Å²) >= 11 is 1.54. The number of hydrogen-bond acceptors (Lipinski definition) is 5.